The minimum absolute atomic E-state index is 0.0657. The first-order valence-electron chi connectivity index (χ1n) is 11.3. The van der Waals surface area contributed by atoms with Gasteiger partial charge in [0, 0.05) is 13.1 Å². The topological polar surface area (TPSA) is 94.2 Å². The maximum absolute atomic E-state index is 13.2. The molecule has 10 heteroatoms. The number of hydrogen-bond donors (Lipinski definition) is 1. The number of anilines is 1. The van der Waals surface area contributed by atoms with E-state index in [0.717, 1.165) is 11.1 Å². The summed E-state index contributed by atoms with van der Waals surface area (Å²) < 4.78 is 43.8. The summed E-state index contributed by atoms with van der Waals surface area (Å²) in [6.07, 6.45) is 1.25. The smallest absolute Gasteiger partial charge is 0.264 e. The number of sulfonamides is 1. The van der Waals surface area contributed by atoms with Crippen LogP contribution in [0.5, 0.6) is 17.2 Å². The lowest BCUT2D eigenvalue weighted by atomic mass is 10.1. The second kappa shape index (κ2) is 11.1. The van der Waals surface area contributed by atoms with Gasteiger partial charge >= 0.3 is 0 Å². The van der Waals surface area contributed by atoms with E-state index in [4.69, 9.17) is 25.8 Å². The van der Waals surface area contributed by atoms with Crippen molar-refractivity contribution in [2.75, 3.05) is 38.2 Å². The number of rotatable bonds is 10. The average Bonchev–Trinajstić information content (AvgIpc) is 3.33. The van der Waals surface area contributed by atoms with Crippen LogP contribution in [0, 0.1) is 0 Å². The molecular formula is C26H27ClN2O6S. The highest BCUT2D eigenvalue weighted by Crippen LogP contribution is 2.35. The van der Waals surface area contributed by atoms with Crippen LogP contribution in [0.15, 0.2) is 65.6 Å². The zero-order valence-corrected chi connectivity index (χ0v) is 21.6. The predicted octanol–water partition coefficient (Wildman–Crippen LogP) is 3.85. The fourth-order valence-corrected chi connectivity index (χ4v) is 5.85. The SMILES string of the molecule is COc1ccc(CCNC(=O)COc2ccc(S(=O)(=O)N3CCc4ccccc43)cc2Cl)cc1OC. The van der Waals surface area contributed by atoms with Gasteiger partial charge in [0.15, 0.2) is 18.1 Å². The van der Waals surface area contributed by atoms with E-state index in [1.165, 1.54) is 22.5 Å². The molecule has 1 amide bonds. The van der Waals surface area contributed by atoms with E-state index < -0.39 is 10.0 Å². The maximum Gasteiger partial charge on any atom is 0.264 e. The van der Waals surface area contributed by atoms with Gasteiger partial charge in [-0.15, -0.1) is 0 Å². The predicted molar refractivity (Wildman–Crippen MR) is 138 cm³/mol. The highest BCUT2D eigenvalue weighted by atomic mass is 35.5. The molecule has 1 heterocycles. The number of halogens is 1. The summed E-state index contributed by atoms with van der Waals surface area (Å²) in [6.45, 7) is 0.526. The summed E-state index contributed by atoms with van der Waals surface area (Å²) in [5, 5.41) is 2.90. The van der Waals surface area contributed by atoms with E-state index in [-0.39, 0.29) is 28.2 Å². The molecule has 3 aromatic carbocycles. The number of carbonyl (C=O) groups is 1. The van der Waals surface area contributed by atoms with Crippen LogP contribution >= 0.6 is 11.6 Å². The van der Waals surface area contributed by atoms with Crippen LogP contribution in [0.1, 0.15) is 11.1 Å². The minimum Gasteiger partial charge on any atom is -0.493 e. The fourth-order valence-electron chi connectivity index (χ4n) is 4.02. The molecule has 0 spiro atoms. The zero-order chi connectivity index (χ0) is 25.7. The van der Waals surface area contributed by atoms with Gasteiger partial charge < -0.3 is 19.5 Å². The monoisotopic (exact) mass is 530 g/mol. The third-order valence-corrected chi connectivity index (χ3v) is 7.98. The molecule has 4 rings (SSSR count). The largest absolute Gasteiger partial charge is 0.493 e. The van der Waals surface area contributed by atoms with Gasteiger partial charge in [0.25, 0.3) is 15.9 Å². The highest BCUT2D eigenvalue weighted by Gasteiger charge is 2.31. The number of nitrogens with one attached hydrogen (secondary N) is 1. The summed E-state index contributed by atoms with van der Waals surface area (Å²) in [5.74, 6) is 1.17. The van der Waals surface area contributed by atoms with Crippen LogP contribution in [0.3, 0.4) is 0 Å². The van der Waals surface area contributed by atoms with Crippen LogP contribution in [0.4, 0.5) is 5.69 Å². The van der Waals surface area contributed by atoms with Gasteiger partial charge in [0.1, 0.15) is 5.75 Å². The van der Waals surface area contributed by atoms with E-state index in [0.29, 0.717) is 43.1 Å². The quantitative estimate of drug-likeness (QED) is 0.428. The molecule has 190 valence electrons. The van der Waals surface area contributed by atoms with Crippen molar-refractivity contribution in [3.05, 3.63) is 76.8 Å². The van der Waals surface area contributed by atoms with Crippen molar-refractivity contribution in [1.82, 2.24) is 5.32 Å². The first kappa shape index (κ1) is 25.7. The van der Waals surface area contributed by atoms with Crippen molar-refractivity contribution in [3.63, 3.8) is 0 Å². The Balaban J connectivity index is 1.32. The van der Waals surface area contributed by atoms with E-state index in [1.54, 1.807) is 20.3 Å². The molecule has 3 aromatic rings. The first-order chi connectivity index (χ1) is 17.3. The third kappa shape index (κ3) is 5.52. The molecule has 1 aliphatic heterocycles. The maximum atomic E-state index is 13.2. The first-order valence-corrected chi connectivity index (χ1v) is 13.2. The lowest BCUT2D eigenvalue weighted by Crippen LogP contribution is -2.30. The minimum atomic E-state index is -3.77. The Morgan fingerprint density at radius 1 is 1.00 bits per heavy atom. The van der Waals surface area contributed by atoms with Gasteiger partial charge in [-0.3, -0.25) is 9.10 Å². The van der Waals surface area contributed by atoms with E-state index in [2.05, 4.69) is 5.32 Å². The standard InChI is InChI=1S/C26H27ClN2O6S/c1-33-24-9-7-18(15-25(24)34-2)11-13-28-26(30)17-35-23-10-8-20(16-21(23)27)36(31,32)29-14-12-19-5-3-4-6-22(19)29/h3-10,15-16H,11-14,17H2,1-2H3,(H,28,30). The van der Waals surface area contributed by atoms with Crippen LogP contribution < -0.4 is 23.8 Å². The number of methoxy groups -OCH3 is 2. The van der Waals surface area contributed by atoms with Crippen LogP contribution in [0.25, 0.3) is 0 Å². The highest BCUT2D eigenvalue weighted by molar-refractivity contribution is 7.92. The number of amides is 1. The molecule has 0 saturated heterocycles. The number of benzene rings is 3. The van der Waals surface area contributed by atoms with Gasteiger partial charge in [-0.1, -0.05) is 35.9 Å². The van der Waals surface area contributed by atoms with Gasteiger partial charge in [-0.2, -0.15) is 0 Å². The van der Waals surface area contributed by atoms with Crippen molar-refractivity contribution in [2.24, 2.45) is 0 Å². The summed E-state index contributed by atoms with van der Waals surface area (Å²) in [5.41, 5.74) is 2.65. The molecule has 0 fully saturated rings. The van der Waals surface area contributed by atoms with Crippen molar-refractivity contribution < 1.29 is 27.4 Å². The van der Waals surface area contributed by atoms with Gasteiger partial charge in [0.2, 0.25) is 0 Å². The molecule has 1 aliphatic rings. The Morgan fingerprint density at radius 2 is 1.75 bits per heavy atom. The summed E-state index contributed by atoms with van der Waals surface area (Å²) in [6, 6.07) is 17.3. The Morgan fingerprint density at radius 3 is 2.50 bits per heavy atom. The van der Waals surface area contributed by atoms with Crippen molar-refractivity contribution in [2.45, 2.75) is 17.7 Å². The molecule has 0 unspecified atom stereocenters. The van der Waals surface area contributed by atoms with E-state index in [9.17, 15) is 13.2 Å². The van der Waals surface area contributed by atoms with Crippen LogP contribution in [0.2, 0.25) is 5.02 Å². The van der Waals surface area contributed by atoms with E-state index in [1.807, 2.05) is 36.4 Å². The van der Waals surface area contributed by atoms with Crippen molar-refractivity contribution in [1.29, 1.82) is 0 Å². The zero-order valence-electron chi connectivity index (χ0n) is 20.0. The van der Waals surface area contributed by atoms with Crippen molar-refractivity contribution in [3.8, 4) is 17.2 Å². The molecule has 36 heavy (non-hydrogen) atoms. The molecule has 8 nitrogen and oxygen atoms in total. The van der Waals surface area contributed by atoms with Gasteiger partial charge in [-0.05, 0) is 60.4 Å². The Hall–Kier alpha value is -3.43. The second-order valence-electron chi connectivity index (χ2n) is 8.13. The second-order valence-corrected chi connectivity index (χ2v) is 10.4. The summed E-state index contributed by atoms with van der Waals surface area (Å²) >= 11 is 6.30. The average molecular weight is 531 g/mol. The molecule has 0 aliphatic carbocycles. The van der Waals surface area contributed by atoms with Crippen LogP contribution in [-0.4, -0.2) is 48.2 Å². The number of fused-ring (bicyclic) bond motifs is 1. The molecule has 0 bridgehead atoms. The molecular weight excluding hydrogens is 504 g/mol. The third-order valence-electron chi connectivity index (χ3n) is 5.88. The molecule has 0 aromatic heterocycles. The summed E-state index contributed by atoms with van der Waals surface area (Å²) in [4.78, 5) is 12.3. The molecule has 0 radical (unpaired) electrons. The van der Waals surface area contributed by atoms with Gasteiger partial charge in [0.05, 0.1) is 29.8 Å². The van der Waals surface area contributed by atoms with Gasteiger partial charge in [-0.25, -0.2) is 8.42 Å². The Labute approximate surface area is 215 Å². The Bertz CT molecular complexity index is 1360. The number of carbonyl (C=O) groups excluding carboxylic acids is 1. The lowest BCUT2D eigenvalue weighted by Gasteiger charge is -2.20. The summed E-state index contributed by atoms with van der Waals surface area (Å²) in [7, 11) is -0.632. The molecule has 1 N–H and O–H groups in total. The van der Waals surface area contributed by atoms with E-state index >= 15 is 0 Å². The number of hydrogen-bond acceptors (Lipinski definition) is 6. The molecule has 0 saturated carbocycles. The number of para-hydroxylation sites is 1. The number of nitrogens with zero attached hydrogens (tertiary/aromatic N) is 1. The fraction of sp³-hybridized carbons (Fsp3) is 0.269. The lowest BCUT2D eigenvalue weighted by molar-refractivity contribution is -0.123. The normalized spacial score (nSPS) is 12.7. The van der Waals surface area contributed by atoms with Crippen LogP contribution in [-0.2, 0) is 27.7 Å². The molecule has 0 atom stereocenters. The number of ether oxygens (including phenoxy) is 3. The Kier molecular flexibility index (Phi) is 7.91. The van der Waals surface area contributed by atoms with Crippen molar-refractivity contribution >= 4 is 33.2 Å².